The fourth-order valence-electron chi connectivity index (χ4n) is 2.63. The van der Waals surface area contributed by atoms with E-state index in [-0.39, 0.29) is 23.2 Å². The fourth-order valence-corrected chi connectivity index (χ4v) is 4.13. The molecule has 0 aliphatic carbocycles. The topological polar surface area (TPSA) is 66.5 Å². The minimum atomic E-state index is -3.71. The number of carbonyl (C=O) groups is 1. The number of benzene rings is 2. The molecule has 0 spiro atoms. The number of hydrogen-bond donors (Lipinski definition) is 1. The molecule has 3 rings (SSSR count). The zero-order valence-corrected chi connectivity index (χ0v) is 13.2. The Hall–Kier alpha value is -2.41. The lowest BCUT2D eigenvalue weighted by molar-refractivity contribution is -0.114. The summed E-state index contributed by atoms with van der Waals surface area (Å²) >= 11 is 0. The Labute approximate surface area is 133 Å². The molecule has 0 saturated carbocycles. The smallest absolute Gasteiger partial charge is 0.264 e. The zero-order chi connectivity index (χ0) is 16.6. The Morgan fingerprint density at radius 3 is 2.52 bits per heavy atom. The molecule has 2 aromatic rings. The molecule has 0 aromatic heterocycles. The molecule has 0 radical (unpaired) electrons. The van der Waals surface area contributed by atoms with Gasteiger partial charge in [-0.3, -0.25) is 9.10 Å². The third-order valence-corrected chi connectivity index (χ3v) is 5.48. The van der Waals surface area contributed by atoms with Crippen LogP contribution in [0.1, 0.15) is 12.5 Å². The average Bonchev–Trinajstić information content (AvgIpc) is 2.90. The third-order valence-electron chi connectivity index (χ3n) is 3.66. The van der Waals surface area contributed by atoms with Gasteiger partial charge in [0.2, 0.25) is 5.91 Å². The molecule has 2 aromatic carbocycles. The van der Waals surface area contributed by atoms with Gasteiger partial charge in [0, 0.05) is 19.2 Å². The molecule has 5 nitrogen and oxygen atoms in total. The van der Waals surface area contributed by atoms with Crippen molar-refractivity contribution >= 4 is 27.3 Å². The summed E-state index contributed by atoms with van der Waals surface area (Å²) in [5, 5.41) is 2.59. The summed E-state index contributed by atoms with van der Waals surface area (Å²) < 4.78 is 40.1. The average molecular weight is 334 g/mol. The van der Waals surface area contributed by atoms with Crippen LogP contribution in [-0.4, -0.2) is 20.9 Å². The normalized spacial score (nSPS) is 13.7. The first kappa shape index (κ1) is 15.5. The molecule has 0 bridgehead atoms. The Bertz CT molecular complexity index is 863. The SMILES string of the molecule is CC(=O)Nc1ccc(S(=O)(=O)N2CCc3cc(F)ccc32)cc1. The van der Waals surface area contributed by atoms with Gasteiger partial charge >= 0.3 is 0 Å². The van der Waals surface area contributed by atoms with Gasteiger partial charge in [-0.05, 0) is 54.4 Å². The summed E-state index contributed by atoms with van der Waals surface area (Å²) in [5.41, 5.74) is 1.72. The predicted octanol–water partition coefficient (Wildman–Crippen LogP) is 2.54. The molecule has 1 aliphatic rings. The number of sulfonamides is 1. The fraction of sp³-hybridized carbons (Fsp3) is 0.188. The van der Waals surface area contributed by atoms with Crippen molar-refractivity contribution in [3.63, 3.8) is 0 Å². The highest BCUT2D eigenvalue weighted by atomic mass is 32.2. The van der Waals surface area contributed by atoms with Crippen LogP contribution in [0, 0.1) is 5.82 Å². The highest BCUT2D eigenvalue weighted by molar-refractivity contribution is 7.92. The van der Waals surface area contributed by atoms with Crippen LogP contribution < -0.4 is 9.62 Å². The van der Waals surface area contributed by atoms with Crippen LogP contribution in [0.4, 0.5) is 15.8 Å². The number of rotatable bonds is 3. The highest BCUT2D eigenvalue weighted by Gasteiger charge is 2.30. The Morgan fingerprint density at radius 2 is 1.87 bits per heavy atom. The number of amides is 1. The lowest BCUT2D eigenvalue weighted by atomic mass is 10.2. The molecule has 0 unspecified atom stereocenters. The van der Waals surface area contributed by atoms with Gasteiger partial charge in [-0.15, -0.1) is 0 Å². The minimum Gasteiger partial charge on any atom is -0.326 e. The maximum absolute atomic E-state index is 13.3. The van der Waals surface area contributed by atoms with Crippen molar-refractivity contribution in [2.45, 2.75) is 18.2 Å². The summed E-state index contributed by atoms with van der Waals surface area (Å²) in [6.45, 7) is 1.67. The number of carbonyl (C=O) groups excluding carboxylic acids is 1. The minimum absolute atomic E-state index is 0.128. The van der Waals surface area contributed by atoms with Crippen molar-refractivity contribution in [2.24, 2.45) is 0 Å². The number of nitrogens with one attached hydrogen (secondary N) is 1. The number of fused-ring (bicyclic) bond motifs is 1. The van der Waals surface area contributed by atoms with Crippen molar-refractivity contribution in [2.75, 3.05) is 16.2 Å². The van der Waals surface area contributed by atoms with Crippen LogP contribution in [0.25, 0.3) is 0 Å². The molecule has 0 fully saturated rings. The molecule has 120 valence electrons. The zero-order valence-electron chi connectivity index (χ0n) is 12.4. The van der Waals surface area contributed by atoms with E-state index in [1.165, 1.54) is 53.7 Å². The first-order chi connectivity index (χ1) is 10.9. The van der Waals surface area contributed by atoms with Crippen LogP contribution in [-0.2, 0) is 21.2 Å². The van der Waals surface area contributed by atoms with Gasteiger partial charge < -0.3 is 5.32 Å². The standard InChI is InChI=1S/C16H15FN2O3S/c1-11(20)18-14-3-5-15(6-4-14)23(21,22)19-9-8-12-10-13(17)2-7-16(12)19/h2-7,10H,8-9H2,1H3,(H,18,20). The highest BCUT2D eigenvalue weighted by Crippen LogP contribution is 2.33. The van der Waals surface area contributed by atoms with Gasteiger partial charge in [0.15, 0.2) is 0 Å². The molecule has 1 amide bonds. The van der Waals surface area contributed by atoms with Crippen molar-refractivity contribution in [3.8, 4) is 0 Å². The lowest BCUT2D eigenvalue weighted by Gasteiger charge is -2.19. The third kappa shape index (κ3) is 2.92. The van der Waals surface area contributed by atoms with Crippen molar-refractivity contribution in [1.82, 2.24) is 0 Å². The van der Waals surface area contributed by atoms with Gasteiger partial charge in [-0.2, -0.15) is 0 Å². The van der Waals surface area contributed by atoms with Crippen molar-refractivity contribution < 1.29 is 17.6 Å². The van der Waals surface area contributed by atoms with E-state index in [0.29, 0.717) is 23.4 Å². The Kier molecular flexibility index (Phi) is 3.81. The Balaban J connectivity index is 1.93. The molecule has 23 heavy (non-hydrogen) atoms. The Morgan fingerprint density at radius 1 is 1.17 bits per heavy atom. The van der Waals surface area contributed by atoms with Crippen molar-refractivity contribution in [3.05, 3.63) is 53.8 Å². The largest absolute Gasteiger partial charge is 0.326 e. The van der Waals surface area contributed by atoms with E-state index >= 15 is 0 Å². The van der Waals surface area contributed by atoms with Gasteiger partial charge in [-0.25, -0.2) is 12.8 Å². The van der Waals surface area contributed by atoms with Gasteiger partial charge in [0.1, 0.15) is 5.82 Å². The number of anilines is 2. The second kappa shape index (κ2) is 5.66. The van der Waals surface area contributed by atoms with Crippen molar-refractivity contribution in [1.29, 1.82) is 0 Å². The molecule has 1 aliphatic heterocycles. The van der Waals surface area contributed by atoms with Gasteiger partial charge in [0.05, 0.1) is 10.6 Å². The monoisotopic (exact) mass is 334 g/mol. The maximum Gasteiger partial charge on any atom is 0.264 e. The second-order valence-electron chi connectivity index (χ2n) is 5.31. The summed E-state index contributed by atoms with van der Waals surface area (Å²) in [7, 11) is -3.71. The van der Waals surface area contributed by atoms with E-state index in [0.717, 1.165) is 0 Å². The summed E-state index contributed by atoms with van der Waals surface area (Å²) in [6, 6.07) is 10.1. The molecule has 7 heteroatoms. The van der Waals surface area contributed by atoms with Crippen LogP contribution in [0.3, 0.4) is 0 Å². The van der Waals surface area contributed by atoms with E-state index < -0.39 is 10.0 Å². The summed E-state index contributed by atoms with van der Waals surface area (Å²) in [5.74, 6) is -0.598. The number of halogens is 1. The predicted molar refractivity (Wildman–Crippen MR) is 85.4 cm³/mol. The summed E-state index contributed by atoms with van der Waals surface area (Å²) in [4.78, 5) is 11.1. The summed E-state index contributed by atoms with van der Waals surface area (Å²) in [6.07, 6.45) is 0.482. The van der Waals surface area contributed by atoms with Crippen LogP contribution >= 0.6 is 0 Å². The first-order valence-corrected chi connectivity index (χ1v) is 8.51. The second-order valence-corrected chi connectivity index (χ2v) is 7.17. The number of hydrogen-bond acceptors (Lipinski definition) is 3. The van der Waals surface area contributed by atoms with Gasteiger partial charge in [0.25, 0.3) is 10.0 Å². The van der Waals surface area contributed by atoms with E-state index in [9.17, 15) is 17.6 Å². The van der Waals surface area contributed by atoms with E-state index in [1.807, 2.05) is 0 Å². The molecule has 0 atom stereocenters. The maximum atomic E-state index is 13.3. The molecule has 1 heterocycles. The van der Waals surface area contributed by atoms with Gasteiger partial charge in [-0.1, -0.05) is 0 Å². The van der Waals surface area contributed by atoms with E-state index in [2.05, 4.69) is 5.32 Å². The van der Waals surface area contributed by atoms with E-state index in [1.54, 1.807) is 0 Å². The van der Waals surface area contributed by atoms with Crippen LogP contribution in [0.5, 0.6) is 0 Å². The van der Waals surface area contributed by atoms with Crippen LogP contribution in [0.15, 0.2) is 47.4 Å². The van der Waals surface area contributed by atoms with E-state index in [4.69, 9.17) is 0 Å². The molecular weight excluding hydrogens is 319 g/mol. The quantitative estimate of drug-likeness (QED) is 0.938. The molecular formula is C16H15FN2O3S. The number of nitrogens with zero attached hydrogens (tertiary/aromatic N) is 1. The lowest BCUT2D eigenvalue weighted by Crippen LogP contribution is -2.29. The molecule has 1 N–H and O–H groups in total. The first-order valence-electron chi connectivity index (χ1n) is 7.07. The van der Waals surface area contributed by atoms with Crippen LogP contribution in [0.2, 0.25) is 0 Å². The molecule has 0 saturated heterocycles.